The topological polar surface area (TPSA) is 130 Å². The fraction of sp³-hybridized carbons (Fsp3) is 0.300. The van der Waals surface area contributed by atoms with Gasteiger partial charge in [-0.2, -0.15) is 0 Å². The highest BCUT2D eigenvalue weighted by Crippen LogP contribution is 2.20. The summed E-state index contributed by atoms with van der Waals surface area (Å²) in [5, 5.41) is 8.94. The van der Waals surface area contributed by atoms with Crippen LogP contribution in [0.15, 0.2) is 27.6 Å². The highest BCUT2D eigenvalue weighted by Gasteiger charge is 2.17. The molecule has 3 N–H and O–H groups in total. The third-order valence-corrected chi connectivity index (χ3v) is 5.14. The average molecular weight is 401 g/mol. The Bertz CT molecular complexity index is 745. The molecule has 1 aromatic rings. The summed E-state index contributed by atoms with van der Waals surface area (Å²) in [6.07, 6.45) is 0.954. The molecular weight excluding hydrogens is 388 g/mol. The van der Waals surface area contributed by atoms with Crippen molar-refractivity contribution in [2.24, 2.45) is 0 Å². The first-order valence-corrected chi connectivity index (χ1v) is 9.67. The second-order valence-electron chi connectivity index (χ2n) is 4.01. The number of carboxylic acids is 1. The highest BCUT2D eigenvalue weighted by atomic mass is 79.9. The van der Waals surface area contributed by atoms with Gasteiger partial charge in [-0.25, -0.2) is 31.1 Å². The lowest BCUT2D eigenvalue weighted by Crippen LogP contribution is -2.34. The van der Waals surface area contributed by atoms with Gasteiger partial charge < -0.3 is 5.11 Å². The molecule has 0 bridgehead atoms. The Kier molecular flexibility index (Phi) is 5.87. The zero-order valence-corrected chi connectivity index (χ0v) is 14.0. The lowest BCUT2D eigenvalue weighted by molar-refractivity contribution is 0.0695. The van der Waals surface area contributed by atoms with Crippen molar-refractivity contribution in [1.82, 2.24) is 9.44 Å². The maximum Gasteiger partial charge on any atom is 0.336 e. The van der Waals surface area contributed by atoms with Crippen LogP contribution >= 0.6 is 15.9 Å². The van der Waals surface area contributed by atoms with E-state index in [0.717, 1.165) is 12.3 Å². The Hall–Kier alpha value is -1.01. The van der Waals surface area contributed by atoms with Gasteiger partial charge in [-0.3, -0.25) is 0 Å². The molecule has 0 radical (unpaired) electrons. The zero-order valence-electron chi connectivity index (χ0n) is 10.8. The van der Waals surface area contributed by atoms with E-state index in [-0.39, 0.29) is 28.0 Å². The van der Waals surface area contributed by atoms with Gasteiger partial charge in [-0.05, 0) is 34.1 Å². The summed E-state index contributed by atoms with van der Waals surface area (Å²) >= 11 is 3.01. The molecule has 1 aromatic carbocycles. The molecule has 0 saturated heterocycles. The fourth-order valence-electron chi connectivity index (χ4n) is 1.34. The molecule has 21 heavy (non-hydrogen) atoms. The first-order chi connectivity index (χ1) is 9.53. The second-order valence-corrected chi connectivity index (χ2v) is 8.47. The molecule has 0 aliphatic carbocycles. The highest BCUT2D eigenvalue weighted by molar-refractivity contribution is 9.10. The lowest BCUT2D eigenvalue weighted by Gasteiger charge is -2.08. The van der Waals surface area contributed by atoms with Crippen LogP contribution in [-0.4, -0.2) is 47.3 Å². The first kappa shape index (κ1) is 18.0. The maximum absolute atomic E-state index is 11.9. The van der Waals surface area contributed by atoms with Gasteiger partial charge in [0, 0.05) is 17.6 Å². The smallest absolute Gasteiger partial charge is 0.336 e. The average Bonchev–Trinajstić information content (AvgIpc) is 2.33. The van der Waals surface area contributed by atoms with Crippen molar-refractivity contribution >= 4 is 41.9 Å². The minimum atomic E-state index is -3.92. The normalized spacial score (nSPS) is 12.3. The van der Waals surface area contributed by atoms with E-state index in [1.165, 1.54) is 12.1 Å². The summed E-state index contributed by atoms with van der Waals surface area (Å²) in [5.74, 6) is -1.27. The van der Waals surface area contributed by atoms with Gasteiger partial charge in [-0.15, -0.1) is 0 Å². The number of sulfonamides is 2. The molecule has 0 saturated carbocycles. The number of hydrogen-bond donors (Lipinski definition) is 3. The van der Waals surface area contributed by atoms with E-state index in [1.54, 1.807) is 0 Å². The van der Waals surface area contributed by atoms with Crippen LogP contribution in [0, 0.1) is 0 Å². The van der Waals surface area contributed by atoms with Crippen LogP contribution in [0.4, 0.5) is 0 Å². The number of aromatic carboxylic acids is 1. The van der Waals surface area contributed by atoms with Crippen LogP contribution in [0.2, 0.25) is 0 Å². The van der Waals surface area contributed by atoms with Gasteiger partial charge in [0.05, 0.1) is 16.7 Å². The summed E-state index contributed by atoms with van der Waals surface area (Å²) in [4.78, 5) is 10.7. The number of nitrogens with one attached hydrogen (secondary N) is 2. The second kappa shape index (κ2) is 6.83. The van der Waals surface area contributed by atoms with Crippen molar-refractivity contribution in [3.63, 3.8) is 0 Å². The molecule has 0 aliphatic heterocycles. The largest absolute Gasteiger partial charge is 0.478 e. The van der Waals surface area contributed by atoms with Crippen molar-refractivity contribution in [1.29, 1.82) is 0 Å². The third kappa shape index (κ3) is 5.71. The molecule has 1 rings (SSSR count). The van der Waals surface area contributed by atoms with Gasteiger partial charge in [0.2, 0.25) is 20.0 Å². The quantitative estimate of drug-likeness (QED) is 0.551. The minimum Gasteiger partial charge on any atom is -0.478 e. The number of carboxylic acid groups (broad SMARTS) is 1. The predicted molar refractivity (Wildman–Crippen MR) is 79.1 cm³/mol. The molecule has 118 valence electrons. The zero-order chi connectivity index (χ0) is 16.3. The minimum absolute atomic E-state index is 0.111. The Morgan fingerprint density at radius 3 is 2.29 bits per heavy atom. The van der Waals surface area contributed by atoms with E-state index < -0.39 is 26.0 Å². The lowest BCUT2D eigenvalue weighted by atomic mass is 10.2. The molecule has 0 amide bonds. The molecule has 11 heteroatoms. The van der Waals surface area contributed by atoms with Crippen molar-refractivity contribution in [3.8, 4) is 0 Å². The number of halogens is 1. The number of hydrogen-bond acceptors (Lipinski definition) is 5. The molecule has 0 spiro atoms. The van der Waals surface area contributed by atoms with Crippen LogP contribution in [0.1, 0.15) is 10.4 Å². The van der Waals surface area contributed by atoms with Gasteiger partial charge in [0.1, 0.15) is 0 Å². The Morgan fingerprint density at radius 2 is 1.76 bits per heavy atom. The van der Waals surface area contributed by atoms with E-state index in [0.29, 0.717) is 0 Å². The van der Waals surface area contributed by atoms with Crippen LogP contribution in [0.3, 0.4) is 0 Å². The summed E-state index contributed by atoms with van der Waals surface area (Å²) in [5.41, 5.74) is -0.188. The van der Waals surface area contributed by atoms with Crippen molar-refractivity contribution < 1.29 is 26.7 Å². The fourth-order valence-corrected chi connectivity index (χ4v) is 3.29. The Morgan fingerprint density at radius 1 is 1.19 bits per heavy atom. The Balaban J connectivity index is 2.84. The van der Waals surface area contributed by atoms with Crippen LogP contribution in [0.25, 0.3) is 0 Å². The van der Waals surface area contributed by atoms with E-state index in [2.05, 4.69) is 25.4 Å². The number of rotatable bonds is 7. The van der Waals surface area contributed by atoms with E-state index >= 15 is 0 Å². The standard InChI is InChI=1S/C10H13BrN2O6S2/c1-20(16,17)12-4-5-13-21(18,19)7-2-3-9(11)8(6-7)10(14)15/h2-3,6,12-13H,4-5H2,1H3,(H,14,15). The summed E-state index contributed by atoms with van der Waals surface area (Å²) in [6.45, 7) is -0.270. The van der Waals surface area contributed by atoms with Gasteiger partial charge in [0.25, 0.3) is 0 Å². The molecular formula is C10H13BrN2O6S2. The molecule has 0 atom stereocenters. The van der Waals surface area contributed by atoms with Gasteiger partial charge in [0.15, 0.2) is 0 Å². The van der Waals surface area contributed by atoms with E-state index in [4.69, 9.17) is 5.11 Å². The van der Waals surface area contributed by atoms with Crippen molar-refractivity contribution in [2.75, 3.05) is 19.3 Å². The van der Waals surface area contributed by atoms with E-state index in [9.17, 15) is 21.6 Å². The maximum atomic E-state index is 11.9. The third-order valence-electron chi connectivity index (χ3n) is 2.26. The molecule has 0 unspecified atom stereocenters. The van der Waals surface area contributed by atoms with Gasteiger partial charge in [-0.1, -0.05) is 0 Å². The van der Waals surface area contributed by atoms with Gasteiger partial charge >= 0.3 is 5.97 Å². The molecule has 8 nitrogen and oxygen atoms in total. The molecule has 0 fully saturated rings. The van der Waals surface area contributed by atoms with Crippen molar-refractivity contribution in [2.45, 2.75) is 4.90 Å². The summed E-state index contributed by atoms with van der Waals surface area (Å²) in [7, 11) is -7.32. The van der Waals surface area contributed by atoms with Crippen LogP contribution < -0.4 is 9.44 Å². The molecule has 0 heterocycles. The molecule has 0 aliphatic rings. The van der Waals surface area contributed by atoms with Crippen LogP contribution in [0.5, 0.6) is 0 Å². The first-order valence-electron chi connectivity index (χ1n) is 5.50. The number of carbonyl (C=O) groups is 1. The Labute approximate surface area is 130 Å². The summed E-state index contributed by atoms with van der Waals surface area (Å²) in [6, 6.07) is 3.56. The van der Waals surface area contributed by atoms with Crippen LogP contribution in [-0.2, 0) is 20.0 Å². The monoisotopic (exact) mass is 400 g/mol. The number of benzene rings is 1. The van der Waals surface area contributed by atoms with E-state index in [1.807, 2.05) is 0 Å². The summed E-state index contributed by atoms with van der Waals surface area (Å²) < 4.78 is 50.1. The SMILES string of the molecule is CS(=O)(=O)NCCNS(=O)(=O)c1ccc(Br)c(C(=O)O)c1. The van der Waals surface area contributed by atoms with Crippen molar-refractivity contribution in [3.05, 3.63) is 28.2 Å². The predicted octanol–water partition coefficient (Wildman–Crippen LogP) is -0.0252. The molecule has 0 aromatic heterocycles.